The van der Waals surface area contributed by atoms with Crippen LogP contribution in [0.3, 0.4) is 0 Å². The van der Waals surface area contributed by atoms with E-state index < -0.39 is 17.1 Å². The van der Waals surface area contributed by atoms with Crippen LogP contribution in [-0.4, -0.2) is 17.1 Å². The summed E-state index contributed by atoms with van der Waals surface area (Å²) >= 11 is 19.3. The summed E-state index contributed by atoms with van der Waals surface area (Å²) in [5.41, 5.74) is 1.79. The van der Waals surface area contributed by atoms with Gasteiger partial charge in [0, 0.05) is 26.2 Å². The van der Waals surface area contributed by atoms with Gasteiger partial charge in [-0.15, -0.1) is 0 Å². The Morgan fingerprint density at radius 1 is 1.00 bits per heavy atom. The maximum atomic E-state index is 13.2. The molecule has 4 rings (SSSR count). The van der Waals surface area contributed by atoms with Crippen molar-refractivity contribution in [2.24, 2.45) is 0 Å². The van der Waals surface area contributed by atoms with Crippen molar-refractivity contribution in [2.75, 3.05) is 4.90 Å². The van der Waals surface area contributed by atoms with Crippen LogP contribution in [0.4, 0.5) is 10.5 Å². The van der Waals surface area contributed by atoms with Gasteiger partial charge in [0.05, 0.1) is 22.7 Å². The average molecular weight is 440 g/mol. The van der Waals surface area contributed by atoms with Crippen LogP contribution >= 0.6 is 46.6 Å². The molecule has 2 aliphatic heterocycles. The van der Waals surface area contributed by atoms with Crippen LogP contribution in [0, 0.1) is 0 Å². The van der Waals surface area contributed by atoms with Gasteiger partial charge in [0.1, 0.15) is 0 Å². The molecular weight excluding hydrogens is 431 g/mol. The third-order valence-corrected chi connectivity index (χ3v) is 6.02. The topological polar surface area (TPSA) is 66.5 Å². The van der Waals surface area contributed by atoms with E-state index in [9.17, 15) is 14.4 Å². The van der Waals surface area contributed by atoms with E-state index in [-0.39, 0.29) is 17.0 Å². The van der Waals surface area contributed by atoms with Gasteiger partial charge in [-0.1, -0.05) is 46.9 Å². The molecule has 0 aromatic heterocycles. The van der Waals surface area contributed by atoms with E-state index in [4.69, 9.17) is 34.8 Å². The van der Waals surface area contributed by atoms with Gasteiger partial charge in [-0.3, -0.25) is 19.7 Å². The number of nitrogens with zero attached hydrogens (tertiary/aromatic N) is 1. The summed E-state index contributed by atoms with van der Waals surface area (Å²) < 4.78 is 0. The summed E-state index contributed by atoms with van der Waals surface area (Å²) in [4.78, 5) is 38.4. The Kier molecular flexibility index (Phi) is 4.68. The zero-order chi connectivity index (χ0) is 19.3. The van der Waals surface area contributed by atoms with Crippen LogP contribution in [0.5, 0.6) is 0 Å². The van der Waals surface area contributed by atoms with Gasteiger partial charge in [-0.2, -0.15) is 0 Å². The second kappa shape index (κ2) is 6.87. The van der Waals surface area contributed by atoms with Crippen molar-refractivity contribution in [2.45, 2.75) is 6.54 Å². The highest BCUT2D eigenvalue weighted by atomic mass is 35.5. The van der Waals surface area contributed by atoms with Crippen molar-refractivity contribution < 1.29 is 14.4 Å². The number of amides is 3. The molecule has 0 unspecified atom stereocenters. The maximum Gasteiger partial charge on any atom is 0.290 e. The first-order chi connectivity index (χ1) is 12.9. The van der Waals surface area contributed by atoms with Crippen LogP contribution in [0.15, 0.2) is 41.3 Å². The van der Waals surface area contributed by atoms with Crippen molar-refractivity contribution in [1.29, 1.82) is 0 Å². The Balaban J connectivity index is 1.87. The van der Waals surface area contributed by atoms with Crippen molar-refractivity contribution in [1.82, 2.24) is 5.32 Å². The number of fused-ring (bicyclic) bond motifs is 1. The van der Waals surface area contributed by atoms with Crippen LogP contribution in [-0.2, 0) is 16.1 Å². The Hall–Kier alpha value is -1.99. The summed E-state index contributed by atoms with van der Waals surface area (Å²) in [6, 6.07) is 9.99. The Morgan fingerprint density at radius 3 is 2.33 bits per heavy atom. The molecule has 3 amide bonds. The van der Waals surface area contributed by atoms with Crippen LogP contribution in [0.1, 0.15) is 11.1 Å². The molecule has 0 aliphatic carbocycles. The fourth-order valence-corrected chi connectivity index (χ4v) is 4.45. The number of anilines is 1. The van der Waals surface area contributed by atoms with Gasteiger partial charge in [-0.25, -0.2) is 0 Å². The fraction of sp³-hybridized carbons (Fsp3) is 0.0556. The number of halogens is 3. The Labute approximate surface area is 173 Å². The summed E-state index contributed by atoms with van der Waals surface area (Å²) in [5.74, 6) is -1.01. The number of carbonyl (C=O) groups excluding carboxylic acids is 3. The SMILES string of the molecule is O=C1NC(=O)C(=C2C(=O)N(Cc3c(Cl)cccc3Cl)c3cc(Cl)ccc32)S1. The number of benzene rings is 2. The summed E-state index contributed by atoms with van der Waals surface area (Å²) in [6.07, 6.45) is 0. The molecule has 27 heavy (non-hydrogen) atoms. The monoisotopic (exact) mass is 438 g/mol. The Bertz CT molecular complexity index is 1050. The molecule has 0 saturated carbocycles. The zero-order valence-corrected chi connectivity index (χ0v) is 16.5. The van der Waals surface area contributed by atoms with E-state index in [0.717, 1.165) is 0 Å². The molecule has 0 atom stereocenters. The van der Waals surface area contributed by atoms with Gasteiger partial charge in [0.2, 0.25) is 0 Å². The molecule has 9 heteroatoms. The molecule has 2 aromatic rings. The second-order valence-electron chi connectivity index (χ2n) is 5.80. The number of nitrogens with one attached hydrogen (secondary N) is 1. The van der Waals surface area contributed by atoms with Crippen molar-refractivity contribution in [3.8, 4) is 0 Å². The third-order valence-electron chi connectivity index (χ3n) is 4.20. The number of carbonyl (C=O) groups is 3. The predicted octanol–water partition coefficient (Wildman–Crippen LogP) is 4.89. The normalized spacial score (nSPS) is 18.9. The van der Waals surface area contributed by atoms with Gasteiger partial charge in [-0.05, 0) is 36.0 Å². The Morgan fingerprint density at radius 2 is 1.70 bits per heavy atom. The lowest BCUT2D eigenvalue weighted by molar-refractivity contribution is -0.116. The lowest BCUT2D eigenvalue weighted by Crippen LogP contribution is -2.27. The fourth-order valence-electron chi connectivity index (χ4n) is 3.00. The van der Waals surface area contributed by atoms with E-state index >= 15 is 0 Å². The van der Waals surface area contributed by atoms with Crippen LogP contribution in [0.2, 0.25) is 15.1 Å². The van der Waals surface area contributed by atoms with E-state index in [0.29, 0.717) is 43.6 Å². The van der Waals surface area contributed by atoms with Gasteiger partial charge >= 0.3 is 0 Å². The minimum Gasteiger partial charge on any atom is -0.303 e. The lowest BCUT2D eigenvalue weighted by Gasteiger charge is -2.19. The minimum atomic E-state index is -0.591. The lowest BCUT2D eigenvalue weighted by atomic mass is 10.1. The quantitative estimate of drug-likeness (QED) is 0.677. The van der Waals surface area contributed by atoms with Crippen molar-refractivity contribution in [3.63, 3.8) is 0 Å². The molecule has 2 aliphatic rings. The number of thioether (sulfide) groups is 1. The molecule has 5 nitrogen and oxygen atoms in total. The van der Waals surface area contributed by atoms with Crippen molar-refractivity contribution in [3.05, 3.63) is 67.5 Å². The number of hydrogen-bond acceptors (Lipinski definition) is 4. The largest absolute Gasteiger partial charge is 0.303 e. The first kappa shape index (κ1) is 18.4. The molecule has 1 fully saturated rings. The smallest absolute Gasteiger partial charge is 0.290 e. The molecule has 1 N–H and O–H groups in total. The van der Waals surface area contributed by atoms with E-state index in [2.05, 4.69) is 5.32 Å². The van der Waals surface area contributed by atoms with Gasteiger partial charge in [0.15, 0.2) is 0 Å². The molecule has 0 bridgehead atoms. The number of hydrogen-bond donors (Lipinski definition) is 1. The highest BCUT2D eigenvalue weighted by Crippen LogP contribution is 2.44. The second-order valence-corrected chi connectivity index (χ2v) is 8.03. The van der Waals surface area contributed by atoms with E-state index in [1.165, 1.54) is 4.90 Å². The van der Waals surface area contributed by atoms with E-state index in [1.807, 2.05) is 0 Å². The maximum absolute atomic E-state index is 13.2. The first-order valence-electron chi connectivity index (χ1n) is 7.69. The van der Waals surface area contributed by atoms with E-state index in [1.54, 1.807) is 36.4 Å². The zero-order valence-electron chi connectivity index (χ0n) is 13.4. The molecule has 136 valence electrons. The number of imide groups is 1. The summed E-state index contributed by atoms with van der Waals surface area (Å²) in [7, 11) is 0. The predicted molar refractivity (Wildman–Crippen MR) is 107 cm³/mol. The summed E-state index contributed by atoms with van der Waals surface area (Å²) in [5, 5.41) is 2.93. The first-order valence-corrected chi connectivity index (χ1v) is 9.64. The molecular formula is C18H9Cl3N2O3S. The van der Waals surface area contributed by atoms with Crippen LogP contribution in [0.25, 0.3) is 5.57 Å². The molecule has 2 heterocycles. The molecule has 2 aromatic carbocycles. The average Bonchev–Trinajstić information content (AvgIpc) is 3.07. The highest BCUT2D eigenvalue weighted by Gasteiger charge is 2.40. The highest BCUT2D eigenvalue weighted by molar-refractivity contribution is 8.18. The van der Waals surface area contributed by atoms with Crippen LogP contribution < -0.4 is 10.2 Å². The number of rotatable bonds is 2. The van der Waals surface area contributed by atoms with Gasteiger partial charge in [0.25, 0.3) is 17.1 Å². The molecule has 0 spiro atoms. The third kappa shape index (κ3) is 3.12. The molecule has 1 saturated heterocycles. The minimum absolute atomic E-state index is 0.0707. The standard InChI is InChI=1S/C18H9Cl3N2O3S/c19-8-4-5-9-13(6-8)23(7-10-11(20)2-1-3-12(10)21)17(25)14(9)15-16(24)22-18(26)27-15/h1-6H,7H2,(H,22,24,26). The molecule has 0 radical (unpaired) electrons. The van der Waals surface area contributed by atoms with Crippen molar-refractivity contribution >= 4 is 74.9 Å². The summed E-state index contributed by atoms with van der Waals surface area (Å²) in [6.45, 7) is 0.0989. The van der Waals surface area contributed by atoms with Gasteiger partial charge < -0.3 is 4.90 Å².